The molecule has 0 bridgehead atoms. The van der Waals surface area contributed by atoms with Crippen molar-refractivity contribution in [2.24, 2.45) is 5.92 Å². The second-order valence-electron chi connectivity index (χ2n) is 6.83. The van der Waals surface area contributed by atoms with Gasteiger partial charge in [0.2, 0.25) is 5.95 Å². The van der Waals surface area contributed by atoms with Gasteiger partial charge in [-0.25, -0.2) is 9.97 Å². The normalized spacial score (nSPS) is 15.2. The Morgan fingerprint density at radius 2 is 1.96 bits per heavy atom. The van der Waals surface area contributed by atoms with Crippen LogP contribution < -0.4 is 5.32 Å². The molecular formula is C20H26N4O. The van der Waals surface area contributed by atoms with Gasteiger partial charge in [-0.15, -0.1) is 0 Å². The van der Waals surface area contributed by atoms with E-state index in [4.69, 9.17) is 0 Å². The van der Waals surface area contributed by atoms with Crippen molar-refractivity contribution in [1.29, 1.82) is 0 Å². The molecule has 1 fully saturated rings. The van der Waals surface area contributed by atoms with Crippen LogP contribution in [-0.2, 0) is 6.42 Å². The van der Waals surface area contributed by atoms with Crippen molar-refractivity contribution < 1.29 is 4.79 Å². The smallest absolute Gasteiger partial charge is 0.272 e. The molecule has 0 unspecified atom stereocenters. The Kier molecular flexibility index (Phi) is 5.31. The Labute approximate surface area is 149 Å². The molecule has 3 rings (SSSR count). The lowest BCUT2D eigenvalue weighted by Crippen LogP contribution is -2.38. The van der Waals surface area contributed by atoms with Gasteiger partial charge in [-0.2, -0.15) is 0 Å². The highest BCUT2D eigenvalue weighted by Gasteiger charge is 2.23. The molecule has 2 heterocycles. The van der Waals surface area contributed by atoms with Crippen molar-refractivity contribution in [1.82, 2.24) is 14.9 Å². The van der Waals surface area contributed by atoms with E-state index >= 15 is 0 Å². The van der Waals surface area contributed by atoms with Crippen LogP contribution in [0.15, 0.2) is 30.3 Å². The summed E-state index contributed by atoms with van der Waals surface area (Å²) in [6.45, 7) is 7.87. The van der Waals surface area contributed by atoms with Crippen LogP contribution in [0.3, 0.4) is 0 Å². The zero-order valence-corrected chi connectivity index (χ0v) is 15.2. The molecule has 5 nitrogen and oxygen atoms in total. The summed E-state index contributed by atoms with van der Waals surface area (Å²) in [6, 6.07) is 9.88. The summed E-state index contributed by atoms with van der Waals surface area (Å²) in [6.07, 6.45) is 3.04. The van der Waals surface area contributed by atoms with Gasteiger partial charge in [0.15, 0.2) is 0 Å². The number of benzene rings is 1. The minimum absolute atomic E-state index is 0.00391. The van der Waals surface area contributed by atoms with Gasteiger partial charge in [0.1, 0.15) is 5.69 Å². The van der Waals surface area contributed by atoms with E-state index in [1.807, 2.05) is 30.0 Å². The zero-order chi connectivity index (χ0) is 17.8. The summed E-state index contributed by atoms with van der Waals surface area (Å²) in [5.74, 6) is 1.18. The summed E-state index contributed by atoms with van der Waals surface area (Å²) in [5, 5.41) is 3.28. The summed E-state index contributed by atoms with van der Waals surface area (Å²) in [5.41, 5.74) is 3.45. The van der Waals surface area contributed by atoms with E-state index in [9.17, 15) is 4.79 Å². The molecule has 1 amide bonds. The average molecular weight is 338 g/mol. The third kappa shape index (κ3) is 4.16. The van der Waals surface area contributed by atoms with Crippen LogP contribution in [0, 0.1) is 12.8 Å². The monoisotopic (exact) mass is 338 g/mol. The number of carbonyl (C=O) groups excluding carboxylic acids is 1. The Morgan fingerprint density at radius 3 is 2.68 bits per heavy atom. The number of hydrogen-bond donors (Lipinski definition) is 1. The largest absolute Gasteiger partial charge is 0.337 e. The van der Waals surface area contributed by atoms with E-state index in [-0.39, 0.29) is 5.91 Å². The average Bonchev–Trinajstić information content (AvgIpc) is 2.62. The second kappa shape index (κ2) is 7.64. The standard InChI is InChI=1S/C20H26N4O/c1-4-16-7-5-6-8-17(16)22-20-21-15(3)13-18(23-20)19(25)24-11-9-14(2)10-12-24/h5-8,13-14H,4,9-12H2,1-3H3,(H,21,22,23). The van der Waals surface area contributed by atoms with Gasteiger partial charge < -0.3 is 10.2 Å². The molecule has 0 radical (unpaired) electrons. The first kappa shape index (κ1) is 17.4. The maximum atomic E-state index is 12.8. The summed E-state index contributed by atoms with van der Waals surface area (Å²) in [4.78, 5) is 23.6. The molecule has 5 heteroatoms. The first-order valence-electron chi connectivity index (χ1n) is 9.06. The van der Waals surface area contributed by atoms with Gasteiger partial charge in [0.05, 0.1) is 0 Å². The van der Waals surface area contributed by atoms with Gasteiger partial charge >= 0.3 is 0 Å². The third-order valence-corrected chi connectivity index (χ3v) is 4.79. The summed E-state index contributed by atoms with van der Waals surface area (Å²) >= 11 is 0. The number of rotatable bonds is 4. The van der Waals surface area contributed by atoms with Crippen molar-refractivity contribution in [2.75, 3.05) is 18.4 Å². The molecule has 1 aliphatic rings. The van der Waals surface area contributed by atoms with E-state index in [1.54, 1.807) is 6.07 Å². The minimum atomic E-state index is 0.00391. The first-order chi connectivity index (χ1) is 12.1. The van der Waals surface area contributed by atoms with Gasteiger partial charge in [-0.1, -0.05) is 32.0 Å². The molecule has 0 saturated carbocycles. The number of para-hydroxylation sites is 1. The molecular weight excluding hydrogens is 312 g/mol. The van der Waals surface area contributed by atoms with E-state index in [2.05, 4.69) is 35.2 Å². The fourth-order valence-corrected chi connectivity index (χ4v) is 3.18. The number of nitrogens with one attached hydrogen (secondary N) is 1. The lowest BCUT2D eigenvalue weighted by Gasteiger charge is -2.30. The maximum absolute atomic E-state index is 12.8. The number of amides is 1. The molecule has 0 aliphatic carbocycles. The molecule has 1 N–H and O–H groups in total. The molecule has 132 valence electrons. The van der Waals surface area contributed by atoms with Crippen LogP contribution in [0.4, 0.5) is 11.6 Å². The Balaban J connectivity index is 1.82. The highest BCUT2D eigenvalue weighted by Crippen LogP contribution is 2.21. The van der Waals surface area contributed by atoms with Gasteiger partial charge in [-0.3, -0.25) is 4.79 Å². The van der Waals surface area contributed by atoms with E-state index in [1.165, 1.54) is 5.56 Å². The molecule has 1 aromatic carbocycles. The number of hydrogen-bond acceptors (Lipinski definition) is 4. The highest BCUT2D eigenvalue weighted by atomic mass is 16.2. The van der Waals surface area contributed by atoms with Crippen molar-refractivity contribution in [2.45, 2.75) is 40.0 Å². The van der Waals surface area contributed by atoms with Gasteiger partial charge in [-0.05, 0) is 49.8 Å². The molecule has 1 aromatic heterocycles. The SMILES string of the molecule is CCc1ccccc1Nc1nc(C)cc(C(=O)N2CCC(C)CC2)n1. The number of nitrogens with zero attached hydrogens (tertiary/aromatic N) is 3. The maximum Gasteiger partial charge on any atom is 0.272 e. The minimum Gasteiger partial charge on any atom is -0.337 e. The first-order valence-corrected chi connectivity index (χ1v) is 9.06. The lowest BCUT2D eigenvalue weighted by molar-refractivity contribution is 0.0691. The second-order valence-corrected chi connectivity index (χ2v) is 6.83. The van der Waals surface area contributed by atoms with Crippen LogP contribution >= 0.6 is 0 Å². The predicted molar refractivity (Wildman–Crippen MR) is 100 cm³/mol. The predicted octanol–water partition coefficient (Wildman–Crippen LogP) is 3.96. The van der Waals surface area contributed by atoms with Crippen molar-refractivity contribution in [3.8, 4) is 0 Å². The third-order valence-electron chi connectivity index (χ3n) is 4.79. The summed E-state index contributed by atoms with van der Waals surface area (Å²) < 4.78 is 0. The molecule has 1 aliphatic heterocycles. The molecule has 1 saturated heterocycles. The number of likely N-dealkylation sites (tertiary alicyclic amines) is 1. The fraction of sp³-hybridized carbons (Fsp3) is 0.450. The molecule has 25 heavy (non-hydrogen) atoms. The Bertz CT molecular complexity index is 751. The van der Waals surface area contributed by atoms with Crippen LogP contribution in [-0.4, -0.2) is 33.9 Å². The number of carbonyl (C=O) groups is 1. The Morgan fingerprint density at radius 1 is 1.24 bits per heavy atom. The van der Waals surface area contributed by atoms with Crippen LogP contribution in [0.25, 0.3) is 0 Å². The molecule has 0 spiro atoms. The van der Waals surface area contributed by atoms with Crippen LogP contribution in [0.5, 0.6) is 0 Å². The number of piperidine rings is 1. The lowest BCUT2D eigenvalue weighted by atomic mass is 9.99. The molecule has 2 aromatic rings. The number of anilines is 2. The quantitative estimate of drug-likeness (QED) is 0.916. The van der Waals surface area contributed by atoms with Gasteiger partial charge in [0, 0.05) is 24.5 Å². The zero-order valence-electron chi connectivity index (χ0n) is 15.2. The highest BCUT2D eigenvalue weighted by molar-refractivity contribution is 5.92. The van der Waals surface area contributed by atoms with Crippen molar-refractivity contribution in [3.05, 3.63) is 47.3 Å². The van der Waals surface area contributed by atoms with E-state index in [0.717, 1.165) is 43.7 Å². The topological polar surface area (TPSA) is 58.1 Å². The van der Waals surface area contributed by atoms with Crippen molar-refractivity contribution in [3.63, 3.8) is 0 Å². The van der Waals surface area contributed by atoms with Crippen LogP contribution in [0.1, 0.15) is 48.4 Å². The van der Waals surface area contributed by atoms with E-state index < -0.39 is 0 Å². The molecule has 0 atom stereocenters. The fourth-order valence-electron chi connectivity index (χ4n) is 3.18. The Hall–Kier alpha value is -2.43. The number of aryl methyl sites for hydroxylation is 2. The summed E-state index contributed by atoms with van der Waals surface area (Å²) in [7, 11) is 0. The number of aromatic nitrogens is 2. The van der Waals surface area contributed by atoms with Crippen molar-refractivity contribution >= 4 is 17.5 Å². The van der Waals surface area contributed by atoms with Crippen LogP contribution in [0.2, 0.25) is 0 Å². The van der Waals surface area contributed by atoms with E-state index in [0.29, 0.717) is 17.6 Å². The van der Waals surface area contributed by atoms with Gasteiger partial charge in [0.25, 0.3) is 5.91 Å².